The van der Waals surface area contributed by atoms with Crippen LogP contribution in [0, 0.1) is 6.92 Å². The van der Waals surface area contributed by atoms with Gasteiger partial charge in [-0.25, -0.2) is 0 Å². The van der Waals surface area contributed by atoms with Gasteiger partial charge in [0.15, 0.2) is 11.6 Å². The molecule has 3 aromatic rings. The van der Waals surface area contributed by atoms with Crippen molar-refractivity contribution < 1.29 is 14.3 Å². The predicted octanol–water partition coefficient (Wildman–Crippen LogP) is 5.12. The molecule has 3 heteroatoms. The van der Waals surface area contributed by atoms with Crippen molar-refractivity contribution >= 4 is 11.6 Å². The van der Waals surface area contributed by atoms with Crippen LogP contribution in [0.2, 0.25) is 0 Å². The molecule has 132 valence electrons. The lowest BCUT2D eigenvalue weighted by Gasteiger charge is -2.02. The fraction of sp³-hybridized carbons (Fsp3) is 0.130. The number of methoxy groups -OCH3 is 1. The van der Waals surface area contributed by atoms with Gasteiger partial charge >= 0.3 is 0 Å². The molecule has 0 saturated carbocycles. The van der Waals surface area contributed by atoms with Gasteiger partial charge in [0.25, 0.3) is 0 Å². The van der Waals surface area contributed by atoms with E-state index in [1.807, 2.05) is 61.5 Å². The van der Waals surface area contributed by atoms with E-state index in [2.05, 4.69) is 0 Å². The lowest BCUT2D eigenvalue weighted by atomic mass is 10.0. The van der Waals surface area contributed by atoms with Gasteiger partial charge in [0.05, 0.1) is 7.11 Å². The molecule has 0 bridgehead atoms. The van der Waals surface area contributed by atoms with Crippen LogP contribution in [0.3, 0.4) is 0 Å². The summed E-state index contributed by atoms with van der Waals surface area (Å²) >= 11 is 0. The second-order valence-corrected chi connectivity index (χ2v) is 5.85. The fourth-order valence-electron chi connectivity index (χ4n) is 2.29. The Hall–Kier alpha value is -3.20. The molecule has 3 rings (SSSR count). The van der Waals surface area contributed by atoms with Crippen LogP contribution in [0.1, 0.15) is 38.8 Å². The number of Topliss-reactive ketones (excluding diaryl/α,β-unsaturated/α-hetero) is 1. The Balaban J connectivity index is 0.000000209. The van der Waals surface area contributed by atoms with Crippen LogP contribution in [0.5, 0.6) is 5.75 Å². The molecular formula is C23H22O3. The third-order valence-corrected chi connectivity index (χ3v) is 3.85. The van der Waals surface area contributed by atoms with Crippen LogP contribution in [0.25, 0.3) is 0 Å². The average molecular weight is 346 g/mol. The lowest BCUT2D eigenvalue weighted by Crippen LogP contribution is -2.00. The first-order valence-corrected chi connectivity index (χ1v) is 8.32. The van der Waals surface area contributed by atoms with Gasteiger partial charge in [-0.3, -0.25) is 9.59 Å². The van der Waals surface area contributed by atoms with Crippen molar-refractivity contribution in [3.63, 3.8) is 0 Å². The molecule has 0 fully saturated rings. The topological polar surface area (TPSA) is 43.4 Å². The monoisotopic (exact) mass is 346 g/mol. The van der Waals surface area contributed by atoms with Crippen LogP contribution >= 0.6 is 0 Å². The summed E-state index contributed by atoms with van der Waals surface area (Å²) in [6.45, 7) is 3.58. The number of rotatable bonds is 4. The predicted molar refractivity (Wildman–Crippen MR) is 104 cm³/mol. The smallest absolute Gasteiger partial charge is 0.193 e. The van der Waals surface area contributed by atoms with E-state index >= 15 is 0 Å². The van der Waals surface area contributed by atoms with Gasteiger partial charge < -0.3 is 4.74 Å². The molecule has 0 aliphatic rings. The van der Waals surface area contributed by atoms with Crippen molar-refractivity contribution in [1.29, 1.82) is 0 Å². The summed E-state index contributed by atoms with van der Waals surface area (Å²) in [7, 11) is 1.61. The molecule has 3 nitrogen and oxygen atoms in total. The van der Waals surface area contributed by atoms with Crippen molar-refractivity contribution in [2.45, 2.75) is 13.8 Å². The quantitative estimate of drug-likeness (QED) is 0.616. The zero-order valence-electron chi connectivity index (χ0n) is 15.2. The molecule has 0 saturated heterocycles. The number of carbonyl (C=O) groups is 2. The van der Waals surface area contributed by atoms with Crippen molar-refractivity contribution in [1.82, 2.24) is 0 Å². The molecule has 0 aromatic heterocycles. The Morgan fingerprint density at radius 1 is 0.692 bits per heavy atom. The first kappa shape index (κ1) is 19.1. The van der Waals surface area contributed by atoms with Gasteiger partial charge in [-0.1, -0.05) is 60.2 Å². The Kier molecular flexibility index (Phi) is 6.86. The van der Waals surface area contributed by atoms with Crippen LogP contribution in [-0.4, -0.2) is 18.7 Å². The zero-order valence-corrected chi connectivity index (χ0v) is 15.2. The molecular weight excluding hydrogens is 324 g/mol. The van der Waals surface area contributed by atoms with Crippen LogP contribution in [-0.2, 0) is 0 Å². The van der Waals surface area contributed by atoms with Gasteiger partial charge in [0.1, 0.15) is 5.75 Å². The minimum Gasteiger partial charge on any atom is -0.497 e. The van der Waals surface area contributed by atoms with Gasteiger partial charge in [-0.05, 0) is 38.1 Å². The molecule has 0 unspecified atom stereocenters. The highest BCUT2D eigenvalue weighted by Crippen LogP contribution is 2.14. The summed E-state index contributed by atoms with van der Waals surface area (Å²) in [6.07, 6.45) is 0. The average Bonchev–Trinajstić information content (AvgIpc) is 2.69. The molecule has 0 radical (unpaired) electrons. The number of ketones is 2. The fourth-order valence-corrected chi connectivity index (χ4v) is 2.29. The normalized spacial score (nSPS) is 9.65. The molecule has 0 aliphatic carbocycles. The molecule has 26 heavy (non-hydrogen) atoms. The number of carbonyl (C=O) groups excluding carboxylic acids is 2. The number of aryl methyl sites for hydroxylation is 1. The third-order valence-electron chi connectivity index (χ3n) is 3.85. The molecule has 3 aromatic carbocycles. The van der Waals surface area contributed by atoms with Crippen molar-refractivity contribution in [2.75, 3.05) is 7.11 Å². The molecule has 0 N–H and O–H groups in total. The summed E-state index contributed by atoms with van der Waals surface area (Å²) in [5.74, 6) is 0.910. The van der Waals surface area contributed by atoms with E-state index in [-0.39, 0.29) is 11.6 Å². The highest BCUT2D eigenvalue weighted by atomic mass is 16.5. The standard InChI is InChI=1S/C14H12O2.C9H10O/c1-16-13-9-7-12(8-10-13)14(15)11-5-3-2-4-6-11;1-7-3-5-9(6-4-7)8(2)10/h2-10H,1H3;3-6H,1-2H3. The van der Waals surface area contributed by atoms with Crippen molar-refractivity contribution in [3.05, 3.63) is 101 Å². The first-order chi connectivity index (χ1) is 12.5. The van der Waals surface area contributed by atoms with E-state index in [4.69, 9.17) is 4.74 Å². The Labute approximate surface area is 154 Å². The second kappa shape index (κ2) is 9.33. The molecule has 0 spiro atoms. The van der Waals surface area contributed by atoms with Gasteiger partial charge in [-0.2, -0.15) is 0 Å². The van der Waals surface area contributed by atoms with Crippen LogP contribution in [0.15, 0.2) is 78.9 Å². The lowest BCUT2D eigenvalue weighted by molar-refractivity contribution is 0.101. The van der Waals surface area contributed by atoms with E-state index in [1.54, 1.807) is 38.3 Å². The summed E-state index contributed by atoms with van der Waals surface area (Å²) in [4.78, 5) is 22.8. The van der Waals surface area contributed by atoms with E-state index in [9.17, 15) is 9.59 Å². The molecule has 0 amide bonds. The maximum Gasteiger partial charge on any atom is 0.193 e. The summed E-state index contributed by atoms with van der Waals surface area (Å²) in [5, 5.41) is 0. The van der Waals surface area contributed by atoms with E-state index < -0.39 is 0 Å². The minimum atomic E-state index is 0.0308. The highest BCUT2D eigenvalue weighted by Gasteiger charge is 2.07. The van der Waals surface area contributed by atoms with Crippen LogP contribution in [0.4, 0.5) is 0 Å². The van der Waals surface area contributed by atoms with Gasteiger partial charge in [-0.15, -0.1) is 0 Å². The third kappa shape index (κ3) is 5.42. The molecule has 0 heterocycles. The summed E-state index contributed by atoms with van der Waals surface area (Å²) in [6, 6.07) is 23.9. The minimum absolute atomic E-state index is 0.0308. The Morgan fingerprint density at radius 2 is 1.19 bits per heavy atom. The number of hydrogen-bond donors (Lipinski definition) is 0. The van der Waals surface area contributed by atoms with E-state index in [0.717, 1.165) is 11.3 Å². The maximum absolute atomic E-state index is 12.0. The maximum atomic E-state index is 12.0. The van der Waals surface area contributed by atoms with Crippen molar-refractivity contribution in [2.24, 2.45) is 0 Å². The first-order valence-electron chi connectivity index (χ1n) is 8.32. The highest BCUT2D eigenvalue weighted by molar-refractivity contribution is 6.08. The van der Waals surface area contributed by atoms with Crippen molar-refractivity contribution in [3.8, 4) is 5.75 Å². The number of hydrogen-bond acceptors (Lipinski definition) is 3. The summed E-state index contributed by atoms with van der Waals surface area (Å²) in [5.41, 5.74) is 3.34. The second-order valence-electron chi connectivity index (χ2n) is 5.85. The van der Waals surface area contributed by atoms with Gasteiger partial charge in [0.2, 0.25) is 0 Å². The van der Waals surface area contributed by atoms with Gasteiger partial charge in [0, 0.05) is 16.7 Å². The largest absolute Gasteiger partial charge is 0.497 e. The Bertz CT molecular complexity index is 848. The molecule has 0 atom stereocenters. The molecule has 0 aliphatic heterocycles. The SMILES string of the molecule is CC(=O)c1ccc(C)cc1.COc1ccc(C(=O)c2ccccc2)cc1. The Morgan fingerprint density at radius 3 is 1.69 bits per heavy atom. The number of benzene rings is 3. The van der Waals surface area contributed by atoms with E-state index in [1.165, 1.54) is 5.56 Å². The van der Waals surface area contributed by atoms with Crippen LogP contribution < -0.4 is 4.74 Å². The summed E-state index contributed by atoms with van der Waals surface area (Å²) < 4.78 is 5.04. The number of ether oxygens (including phenoxy) is 1. The van der Waals surface area contributed by atoms with E-state index in [0.29, 0.717) is 11.1 Å². The zero-order chi connectivity index (χ0) is 18.9.